The number of hydrogen-bond donors (Lipinski definition) is 1. The largest absolute Gasteiger partial charge is 0.354 e. The summed E-state index contributed by atoms with van der Waals surface area (Å²) in [6.45, 7) is 1.59. The number of anilines is 1. The Morgan fingerprint density at radius 2 is 1.76 bits per heavy atom. The first-order valence-electron chi connectivity index (χ1n) is 10.3. The molecule has 0 bridgehead atoms. The van der Waals surface area contributed by atoms with Crippen LogP contribution >= 0.6 is 0 Å². The lowest BCUT2D eigenvalue weighted by molar-refractivity contribution is 0.0953. The maximum atomic E-state index is 12.7. The fourth-order valence-electron chi connectivity index (χ4n) is 3.68. The Bertz CT molecular complexity index is 1360. The second-order valence-corrected chi connectivity index (χ2v) is 11.6. The van der Waals surface area contributed by atoms with E-state index in [0.29, 0.717) is 31.7 Å². The minimum absolute atomic E-state index is 0.0719. The van der Waals surface area contributed by atoms with Gasteiger partial charge in [-0.3, -0.25) is 9.20 Å². The average molecular weight is 493 g/mol. The second kappa shape index (κ2) is 9.08. The lowest BCUT2D eigenvalue weighted by atomic mass is 10.3. The van der Waals surface area contributed by atoms with Gasteiger partial charge in [-0.25, -0.2) is 26.8 Å². The van der Waals surface area contributed by atoms with Gasteiger partial charge in [0.25, 0.3) is 5.91 Å². The Balaban J connectivity index is 1.37. The monoisotopic (exact) mass is 492 g/mol. The Hall–Kier alpha value is -3.03. The van der Waals surface area contributed by atoms with Crippen molar-refractivity contribution in [2.75, 3.05) is 49.6 Å². The van der Waals surface area contributed by atoms with E-state index in [2.05, 4.69) is 15.3 Å². The number of hydrogen-bond acceptors (Lipinski definition) is 8. The lowest BCUT2D eigenvalue weighted by Crippen LogP contribution is -2.50. The van der Waals surface area contributed by atoms with Crippen LogP contribution in [0.2, 0.25) is 0 Å². The number of nitrogens with one attached hydrogen (secondary N) is 1. The van der Waals surface area contributed by atoms with Gasteiger partial charge in [0, 0.05) is 51.4 Å². The number of imidazole rings is 1. The Morgan fingerprint density at radius 1 is 1.03 bits per heavy atom. The van der Waals surface area contributed by atoms with Gasteiger partial charge in [0.1, 0.15) is 5.82 Å². The van der Waals surface area contributed by atoms with Crippen LogP contribution < -0.4 is 10.2 Å². The summed E-state index contributed by atoms with van der Waals surface area (Å²) < 4.78 is 52.2. The normalized spacial score (nSPS) is 15.6. The molecule has 1 aliphatic heterocycles. The van der Waals surface area contributed by atoms with Crippen LogP contribution in [-0.2, 0) is 19.9 Å². The van der Waals surface area contributed by atoms with Gasteiger partial charge < -0.3 is 10.2 Å². The molecule has 1 saturated heterocycles. The first-order chi connectivity index (χ1) is 15.7. The number of rotatable bonds is 7. The van der Waals surface area contributed by atoms with Crippen molar-refractivity contribution in [3.8, 4) is 0 Å². The van der Waals surface area contributed by atoms with Crippen LogP contribution in [-0.4, -0.2) is 86.1 Å². The quantitative estimate of drug-likeness (QED) is 0.488. The van der Waals surface area contributed by atoms with Crippen molar-refractivity contribution in [3.05, 3.63) is 54.5 Å². The van der Waals surface area contributed by atoms with E-state index >= 15 is 0 Å². The fraction of sp³-hybridized carbons (Fsp3) is 0.350. The molecule has 0 atom stereocenters. The number of nitrogens with zero attached hydrogens (tertiary/aromatic N) is 5. The number of carbonyl (C=O) groups excluding carboxylic acids is 1. The third-order valence-corrected chi connectivity index (χ3v) is 8.14. The van der Waals surface area contributed by atoms with Crippen LogP contribution in [0.1, 0.15) is 10.5 Å². The van der Waals surface area contributed by atoms with Crippen molar-refractivity contribution >= 4 is 37.1 Å². The zero-order chi connectivity index (χ0) is 23.6. The molecule has 13 heteroatoms. The number of sulfonamides is 1. The van der Waals surface area contributed by atoms with E-state index in [4.69, 9.17) is 0 Å². The molecule has 0 saturated carbocycles. The third kappa shape index (κ3) is 4.99. The highest BCUT2D eigenvalue weighted by atomic mass is 32.2. The van der Waals surface area contributed by atoms with E-state index in [1.165, 1.54) is 14.9 Å². The van der Waals surface area contributed by atoms with E-state index in [0.717, 1.165) is 12.1 Å². The van der Waals surface area contributed by atoms with Gasteiger partial charge in [-0.05, 0) is 24.3 Å². The highest BCUT2D eigenvalue weighted by molar-refractivity contribution is 7.90. The summed E-state index contributed by atoms with van der Waals surface area (Å²) in [5.74, 6) is -0.0983. The van der Waals surface area contributed by atoms with Gasteiger partial charge in [-0.2, -0.15) is 4.31 Å². The molecule has 1 amide bonds. The Kier molecular flexibility index (Phi) is 6.36. The van der Waals surface area contributed by atoms with E-state index in [9.17, 15) is 21.6 Å². The van der Waals surface area contributed by atoms with Crippen molar-refractivity contribution in [2.45, 2.75) is 5.16 Å². The molecule has 3 aromatic heterocycles. The Labute approximate surface area is 192 Å². The molecule has 0 aromatic carbocycles. The third-order valence-electron chi connectivity index (χ3n) is 5.31. The molecule has 3 aromatic rings. The summed E-state index contributed by atoms with van der Waals surface area (Å²) in [7, 11) is -7.24. The Morgan fingerprint density at radius 3 is 2.42 bits per heavy atom. The molecular weight excluding hydrogens is 468 g/mol. The summed E-state index contributed by atoms with van der Waals surface area (Å²) in [5.41, 5.74) is 0.251. The number of aromatic nitrogens is 3. The lowest BCUT2D eigenvalue weighted by Gasteiger charge is -2.34. The predicted molar refractivity (Wildman–Crippen MR) is 122 cm³/mol. The van der Waals surface area contributed by atoms with Crippen LogP contribution in [0.15, 0.2) is 53.9 Å². The number of carbonyl (C=O) groups is 1. The molecule has 0 spiro atoms. The van der Waals surface area contributed by atoms with E-state index < -0.39 is 25.8 Å². The molecule has 4 rings (SSSR count). The van der Waals surface area contributed by atoms with Gasteiger partial charge in [-0.15, -0.1) is 0 Å². The zero-order valence-corrected chi connectivity index (χ0v) is 19.6. The first kappa shape index (κ1) is 23.1. The van der Waals surface area contributed by atoms with Gasteiger partial charge in [0.2, 0.25) is 25.0 Å². The molecule has 1 N–H and O–H groups in total. The highest BCUT2D eigenvalue weighted by Crippen LogP contribution is 2.17. The van der Waals surface area contributed by atoms with Gasteiger partial charge in [-0.1, -0.05) is 12.1 Å². The summed E-state index contributed by atoms with van der Waals surface area (Å²) in [6.07, 6.45) is 4.21. The highest BCUT2D eigenvalue weighted by Gasteiger charge is 2.28. The molecule has 33 heavy (non-hydrogen) atoms. The molecule has 1 fully saturated rings. The van der Waals surface area contributed by atoms with Crippen molar-refractivity contribution < 1.29 is 21.6 Å². The zero-order valence-electron chi connectivity index (χ0n) is 18.0. The number of pyridine rings is 2. The van der Waals surface area contributed by atoms with Crippen LogP contribution in [0.25, 0.3) is 5.52 Å². The number of sulfone groups is 1. The number of fused-ring (bicyclic) bond motifs is 1. The van der Waals surface area contributed by atoms with Crippen LogP contribution in [0.5, 0.6) is 0 Å². The molecule has 1 aliphatic rings. The van der Waals surface area contributed by atoms with Gasteiger partial charge >= 0.3 is 0 Å². The maximum Gasteiger partial charge on any atom is 0.272 e. The van der Waals surface area contributed by atoms with Crippen molar-refractivity contribution in [1.29, 1.82) is 0 Å². The summed E-state index contributed by atoms with van der Waals surface area (Å²) >= 11 is 0. The summed E-state index contributed by atoms with van der Waals surface area (Å²) in [5, 5.41) is 2.30. The molecule has 0 radical (unpaired) electrons. The SMILES string of the molecule is CS(=O)(=O)c1nc(C(=O)NCCS(=O)(=O)N2CCN(c3ccccn3)CC2)c2ccccn12. The van der Waals surface area contributed by atoms with Gasteiger partial charge in [0.05, 0.1) is 11.3 Å². The smallest absolute Gasteiger partial charge is 0.272 e. The summed E-state index contributed by atoms with van der Waals surface area (Å²) in [4.78, 5) is 23.0. The molecule has 176 valence electrons. The van der Waals surface area contributed by atoms with Crippen molar-refractivity contribution in [3.63, 3.8) is 0 Å². The second-order valence-electron chi connectivity index (χ2n) is 7.62. The standard InChI is InChI=1S/C20H24N6O5S2/c1-32(28,29)20-23-18(16-6-3-5-10-26(16)20)19(27)22-9-15-33(30,31)25-13-11-24(12-14-25)17-7-2-4-8-21-17/h2-8,10H,9,11-15H2,1H3,(H,22,27). The molecule has 0 aliphatic carbocycles. The molecular formula is C20H24N6O5S2. The molecule has 11 nitrogen and oxygen atoms in total. The topological polar surface area (TPSA) is 134 Å². The maximum absolute atomic E-state index is 12.7. The van der Waals surface area contributed by atoms with Gasteiger partial charge in [0.15, 0.2) is 5.69 Å². The van der Waals surface area contributed by atoms with Crippen LogP contribution in [0, 0.1) is 0 Å². The van der Waals surface area contributed by atoms with Crippen LogP contribution in [0.4, 0.5) is 5.82 Å². The number of piperazine rings is 1. The number of amides is 1. The minimum Gasteiger partial charge on any atom is -0.354 e. The van der Waals surface area contributed by atoms with Crippen molar-refractivity contribution in [2.24, 2.45) is 0 Å². The van der Waals surface area contributed by atoms with E-state index in [1.54, 1.807) is 24.4 Å². The molecule has 0 unspecified atom stereocenters. The predicted octanol–water partition coefficient (Wildman–Crippen LogP) is 0.0146. The average Bonchev–Trinajstić information content (AvgIpc) is 3.20. The van der Waals surface area contributed by atoms with E-state index in [-0.39, 0.29) is 23.1 Å². The molecule has 4 heterocycles. The summed E-state index contributed by atoms with van der Waals surface area (Å²) in [6, 6.07) is 10.5. The first-order valence-corrected chi connectivity index (χ1v) is 13.8. The van der Waals surface area contributed by atoms with E-state index in [1.807, 2.05) is 23.1 Å². The van der Waals surface area contributed by atoms with Crippen LogP contribution in [0.3, 0.4) is 0 Å². The fourth-order valence-corrected chi connectivity index (χ4v) is 5.79. The minimum atomic E-state index is -3.66. The van der Waals surface area contributed by atoms with Crippen molar-refractivity contribution in [1.82, 2.24) is 24.0 Å².